The van der Waals surface area contributed by atoms with Crippen LogP contribution in [-0.4, -0.2) is 31.9 Å². The van der Waals surface area contributed by atoms with Crippen LogP contribution in [0.1, 0.15) is 17.8 Å². The first kappa shape index (κ1) is 16.0. The summed E-state index contributed by atoms with van der Waals surface area (Å²) in [6.45, 7) is 2.23. The van der Waals surface area contributed by atoms with Crippen molar-refractivity contribution in [3.05, 3.63) is 65.3 Å². The Bertz CT molecular complexity index is 881. The molecule has 1 aliphatic heterocycles. The zero-order valence-corrected chi connectivity index (χ0v) is 14.5. The Labute approximate surface area is 151 Å². The molecule has 1 amide bonds. The van der Waals surface area contributed by atoms with Gasteiger partial charge in [0.2, 0.25) is 5.91 Å². The van der Waals surface area contributed by atoms with E-state index in [9.17, 15) is 4.79 Å². The molecule has 0 atom stereocenters. The second-order valence-corrected chi connectivity index (χ2v) is 6.73. The standard InChI is InChI=1S/C19H19ClN4O/c20-15-3-1-14(2-4-15)18-7-5-16(22-18)6-8-19(25)23-9-10-24-13-21-11-17(24)12-23/h1-5,7,11,13,22H,6,8-10,12H2. The molecule has 0 unspecified atom stereocenters. The van der Waals surface area contributed by atoms with Crippen molar-refractivity contribution < 1.29 is 4.79 Å². The maximum absolute atomic E-state index is 12.5. The van der Waals surface area contributed by atoms with Gasteiger partial charge in [0, 0.05) is 42.1 Å². The summed E-state index contributed by atoms with van der Waals surface area (Å²) in [6.07, 6.45) is 4.88. The highest BCUT2D eigenvalue weighted by Crippen LogP contribution is 2.21. The molecule has 4 rings (SSSR count). The van der Waals surface area contributed by atoms with Gasteiger partial charge < -0.3 is 14.5 Å². The van der Waals surface area contributed by atoms with Crippen molar-refractivity contribution in [1.29, 1.82) is 0 Å². The second kappa shape index (κ2) is 6.76. The summed E-state index contributed by atoms with van der Waals surface area (Å²) < 4.78 is 2.10. The Morgan fingerprint density at radius 3 is 2.84 bits per heavy atom. The molecule has 6 heteroatoms. The summed E-state index contributed by atoms with van der Waals surface area (Å²) in [5, 5.41) is 0.726. The number of rotatable bonds is 4. The lowest BCUT2D eigenvalue weighted by molar-refractivity contribution is -0.132. The van der Waals surface area contributed by atoms with Crippen LogP contribution >= 0.6 is 11.6 Å². The molecule has 3 aromatic rings. The fourth-order valence-electron chi connectivity index (χ4n) is 3.18. The third-order valence-electron chi connectivity index (χ3n) is 4.62. The number of carbonyl (C=O) groups is 1. The summed E-state index contributed by atoms with van der Waals surface area (Å²) in [4.78, 5) is 21.9. The van der Waals surface area contributed by atoms with E-state index in [0.29, 0.717) is 19.4 Å². The maximum Gasteiger partial charge on any atom is 0.223 e. The molecular weight excluding hydrogens is 336 g/mol. The van der Waals surface area contributed by atoms with Gasteiger partial charge in [0.05, 0.1) is 18.6 Å². The average molecular weight is 355 g/mol. The summed E-state index contributed by atoms with van der Waals surface area (Å²) >= 11 is 5.93. The van der Waals surface area contributed by atoms with E-state index in [1.54, 1.807) is 0 Å². The van der Waals surface area contributed by atoms with Crippen LogP contribution in [-0.2, 0) is 24.3 Å². The highest BCUT2D eigenvalue weighted by atomic mass is 35.5. The third-order valence-corrected chi connectivity index (χ3v) is 4.88. The van der Waals surface area contributed by atoms with Gasteiger partial charge in [-0.2, -0.15) is 0 Å². The molecule has 0 saturated carbocycles. The zero-order valence-electron chi connectivity index (χ0n) is 13.8. The highest BCUT2D eigenvalue weighted by molar-refractivity contribution is 6.30. The number of halogens is 1. The van der Waals surface area contributed by atoms with E-state index in [1.807, 2.05) is 53.8 Å². The van der Waals surface area contributed by atoms with Gasteiger partial charge in [-0.15, -0.1) is 0 Å². The molecule has 0 radical (unpaired) electrons. The molecule has 0 aliphatic carbocycles. The number of nitrogens with one attached hydrogen (secondary N) is 1. The Hall–Kier alpha value is -2.53. The van der Waals surface area contributed by atoms with E-state index in [0.717, 1.165) is 40.8 Å². The molecule has 0 fully saturated rings. The van der Waals surface area contributed by atoms with Crippen LogP contribution in [0, 0.1) is 0 Å². The molecule has 5 nitrogen and oxygen atoms in total. The van der Waals surface area contributed by atoms with Gasteiger partial charge in [-0.05, 0) is 36.2 Å². The molecule has 128 valence electrons. The number of fused-ring (bicyclic) bond motifs is 1. The Balaban J connectivity index is 1.36. The summed E-state index contributed by atoms with van der Waals surface area (Å²) in [5.41, 5.74) is 4.30. The van der Waals surface area contributed by atoms with Crippen LogP contribution in [0.15, 0.2) is 48.9 Å². The second-order valence-electron chi connectivity index (χ2n) is 6.30. The van der Waals surface area contributed by atoms with Crippen molar-refractivity contribution in [2.75, 3.05) is 6.54 Å². The van der Waals surface area contributed by atoms with Gasteiger partial charge in [0.15, 0.2) is 0 Å². The molecule has 1 aliphatic rings. The summed E-state index contributed by atoms with van der Waals surface area (Å²) in [7, 11) is 0. The van der Waals surface area contributed by atoms with E-state index >= 15 is 0 Å². The fourth-order valence-corrected chi connectivity index (χ4v) is 3.31. The SMILES string of the molecule is O=C(CCc1ccc(-c2ccc(Cl)cc2)[nH]1)N1CCn2cncc2C1. The molecule has 0 saturated heterocycles. The lowest BCUT2D eigenvalue weighted by Crippen LogP contribution is -2.38. The fraction of sp³-hybridized carbons (Fsp3) is 0.263. The summed E-state index contributed by atoms with van der Waals surface area (Å²) in [6, 6.07) is 11.8. The van der Waals surface area contributed by atoms with Crippen molar-refractivity contribution >= 4 is 17.5 Å². The van der Waals surface area contributed by atoms with Crippen LogP contribution in [0.5, 0.6) is 0 Å². The number of hydrogen-bond donors (Lipinski definition) is 1. The highest BCUT2D eigenvalue weighted by Gasteiger charge is 2.20. The lowest BCUT2D eigenvalue weighted by atomic mass is 10.2. The summed E-state index contributed by atoms with van der Waals surface area (Å²) in [5.74, 6) is 0.190. The largest absolute Gasteiger partial charge is 0.358 e. The Morgan fingerprint density at radius 2 is 2.00 bits per heavy atom. The van der Waals surface area contributed by atoms with Crippen molar-refractivity contribution in [2.24, 2.45) is 0 Å². The topological polar surface area (TPSA) is 53.9 Å². The number of nitrogens with zero attached hydrogens (tertiary/aromatic N) is 3. The van der Waals surface area contributed by atoms with Crippen molar-refractivity contribution in [3.63, 3.8) is 0 Å². The number of hydrogen-bond acceptors (Lipinski definition) is 2. The molecule has 0 spiro atoms. The number of benzene rings is 1. The first-order chi connectivity index (χ1) is 12.2. The lowest BCUT2D eigenvalue weighted by Gasteiger charge is -2.28. The quantitative estimate of drug-likeness (QED) is 0.779. The number of H-pyrrole nitrogens is 1. The Morgan fingerprint density at radius 1 is 1.16 bits per heavy atom. The molecule has 3 heterocycles. The number of aromatic amines is 1. The van der Waals surface area contributed by atoms with Gasteiger partial charge in [0.1, 0.15) is 0 Å². The number of amides is 1. The number of carbonyl (C=O) groups excluding carboxylic acids is 1. The third kappa shape index (κ3) is 3.46. The van der Waals surface area contributed by atoms with Gasteiger partial charge in [-0.1, -0.05) is 23.7 Å². The molecular formula is C19H19ClN4O. The van der Waals surface area contributed by atoms with Crippen molar-refractivity contribution in [3.8, 4) is 11.3 Å². The average Bonchev–Trinajstić information content (AvgIpc) is 3.29. The molecule has 0 bridgehead atoms. The minimum Gasteiger partial charge on any atom is -0.358 e. The van der Waals surface area contributed by atoms with Crippen molar-refractivity contribution in [2.45, 2.75) is 25.9 Å². The minimum atomic E-state index is 0.190. The minimum absolute atomic E-state index is 0.190. The smallest absolute Gasteiger partial charge is 0.223 e. The van der Waals surface area contributed by atoms with E-state index in [2.05, 4.69) is 14.5 Å². The van der Waals surface area contributed by atoms with Crippen LogP contribution in [0.3, 0.4) is 0 Å². The molecule has 2 aromatic heterocycles. The van der Waals surface area contributed by atoms with E-state index in [4.69, 9.17) is 11.6 Å². The van der Waals surface area contributed by atoms with Gasteiger partial charge in [-0.25, -0.2) is 4.98 Å². The predicted octanol–water partition coefficient (Wildman–Crippen LogP) is 3.51. The predicted molar refractivity (Wildman–Crippen MR) is 97.2 cm³/mol. The monoisotopic (exact) mass is 354 g/mol. The molecule has 25 heavy (non-hydrogen) atoms. The van der Waals surface area contributed by atoms with Crippen LogP contribution in [0.2, 0.25) is 5.02 Å². The normalized spacial score (nSPS) is 13.7. The van der Waals surface area contributed by atoms with Crippen molar-refractivity contribution in [1.82, 2.24) is 19.4 Å². The first-order valence-corrected chi connectivity index (χ1v) is 8.77. The number of aryl methyl sites for hydroxylation is 1. The number of aromatic nitrogens is 3. The van der Waals surface area contributed by atoms with E-state index in [-0.39, 0.29) is 5.91 Å². The van der Waals surface area contributed by atoms with Crippen LogP contribution < -0.4 is 0 Å². The van der Waals surface area contributed by atoms with Gasteiger partial charge in [0.25, 0.3) is 0 Å². The zero-order chi connectivity index (χ0) is 17.2. The van der Waals surface area contributed by atoms with Gasteiger partial charge >= 0.3 is 0 Å². The van der Waals surface area contributed by atoms with E-state index < -0.39 is 0 Å². The Kier molecular flexibility index (Phi) is 4.32. The van der Waals surface area contributed by atoms with Crippen LogP contribution in [0.4, 0.5) is 0 Å². The van der Waals surface area contributed by atoms with Crippen LogP contribution in [0.25, 0.3) is 11.3 Å². The first-order valence-electron chi connectivity index (χ1n) is 8.39. The maximum atomic E-state index is 12.5. The molecule has 1 N–H and O–H groups in total. The molecule has 1 aromatic carbocycles. The van der Waals surface area contributed by atoms with Gasteiger partial charge in [-0.3, -0.25) is 4.79 Å². The number of imidazole rings is 1. The van der Waals surface area contributed by atoms with E-state index in [1.165, 1.54) is 0 Å².